The number of hydrogen-bond donors (Lipinski definition) is 3. The summed E-state index contributed by atoms with van der Waals surface area (Å²) in [4.78, 5) is 35.5. The number of alkyl carbamates (subject to hydrolysis) is 1. The molecule has 2 aliphatic rings. The van der Waals surface area contributed by atoms with E-state index in [4.69, 9.17) is 9.84 Å². The van der Waals surface area contributed by atoms with Crippen molar-refractivity contribution in [2.45, 2.75) is 51.0 Å². The van der Waals surface area contributed by atoms with Crippen LogP contribution in [0.25, 0.3) is 11.1 Å². The zero-order valence-electron chi connectivity index (χ0n) is 19.5. The number of rotatable bonds is 9. The van der Waals surface area contributed by atoms with Gasteiger partial charge in [0.2, 0.25) is 5.91 Å². The van der Waals surface area contributed by atoms with E-state index in [-0.39, 0.29) is 42.7 Å². The van der Waals surface area contributed by atoms with Crippen molar-refractivity contribution in [2.75, 3.05) is 13.2 Å². The molecule has 180 valence electrons. The highest BCUT2D eigenvalue weighted by atomic mass is 16.5. The highest BCUT2D eigenvalue weighted by Crippen LogP contribution is 2.44. The van der Waals surface area contributed by atoms with Gasteiger partial charge in [0.15, 0.2) is 0 Å². The molecule has 0 heterocycles. The summed E-state index contributed by atoms with van der Waals surface area (Å²) in [5.74, 6) is -0.752. The molecule has 3 atom stereocenters. The molecule has 2 amide bonds. The van der Waals surface area contributed by atoms with Crippen molar-refractivity contribution in [3.05, 3.63) is 59.7 Å². The number of carbonyl (C=O) groups excluding carboxylic acids is 2. The number of benzene rings is 2. The van der Waals surface area contributed by atoms with E-state index in [1.165, 1.54) is 22.3 Å². The van der Waals surface area contributed by atoms with Crippen molar-refractivity contribution in [2.24, 2.45) is 11.8 Å². The number of amides is 2. The Morgan fingerprint density at radius 2 is 1.68 bits per heavy atom. The third-order valence-electron chi connectivity index (χ3n) is 6.84. The van der Waals surface area contributed by atoms with E-state index in [1.807, 2.05) is 31.2 Å². The fourth-order valence-corrected chi connectivity index (χ4v) is 5.22. The zero-order valence-corrected chi connectivity index (χ0v) is 19.5. The largest absolute Gasteiger partial charge is 0.481 e. The molecule has 0 saturated heterocycles. The molecule has 0 spiro atoms. The van der Waals surface area contributed by atoms with Crippen molar-refractivity contribution >= 4 is 18.0 Å². The predicted molar refractivity (Wildman–Crippen MR) is 128 cm³/mol. The lowest BCUT2D eigenvalue weighted by atomic mass is 9.98. The molecule has 2 aromatic carbocycles. The van der Waals surface area contributed by atoms with Gasteiger partial charge in [-0.1, -0.05) is 55.5 Å². The molecule has 7 nitrogen and oxygen atoms in total. The molecular weight excluding hydrogens is 432 g/mol. The van der Waals surface area contributed by atoms with Crippen molar-refractivity contribution in [3.63, 3.8) is 0 Å². The van der Waals surface area contributed by atoms with Crippen LogP contribution in [0.2, 0.25) is 0 Å². The third-order valence-corrected chi connectivity index (χ3v) is 6.84. The molecule has 0 aromatic heterocycles. The number of fused-ring (bicyclic) bond motifs is 3. The molecule has 0 bridgehead atoms. The van der Waals surface area contributed by atoms with E-state index in [0.29, 0.717) is 19.4 Å². The van der Waals surface area contributed by atoms with Gasteiger partial charge < -0.3 is 20.5 Å². The second-order valence-corrected chi connectivity index (χ2v) is 9.56. The second kappa shape index (κ2) is 10.7. The topological polar surface area (TPSA) is 105 Å². The van der Waals surface area contributed by atoms with E-state index < -0.39 is 12.1 Å². The predicted octanol–water partition coefficient (Wildman–Crippen LogP) is 4.31. The number of aliphatic carboxylic acids is 1. The van der Waals surface area contributed by atoms with E-state index in [0.717, 1.165) is 12.8 Å². The maximum absolute atomic E-state index is 12.3. The molecule has 34 heavy (non-hydrogen) atoms. The van der Waals surface area contributed by atoms with Crippen LogP contribution in [0.1, 0.15) is 56.1 Å². The van der Waals surface area contributed by atoms with Crippen molar-refractivity contribution in [3.8, 4) is 11.1 Å². The summed E-state index contributed by atoms with van der Waals surface area (Å²) in [5, 5.41) is 14.7. The monoisotopic (exact) mass is 464 g/mol. The van der Waals surface area contributed by atoms with Gasteiger partial charge in [-0.3, -0.25) is 9.59 Å². The lowest BCUT2D eigenvalue weighted by Gasteiger charge is -2.17. The Bertz CT molecular complexity index is 1010. The minimum atomic E-state index is -0.787. The van der Waals surface area contributed by atoms with Gasteiger partial charge in [-0.2, -0.15) is 0 Å². The van der Waals surface area contributed by atoms with Crippen LogP contribution in [0.3, 0.4) is 0 Å². The Hall–Kier alpha value is -3.35. The molecule has 2 aromatic rings. The molecule has 0 aliphatic heterocycles. The Morgan fingerprint density at radius 3 is 2.32 bits per heavy atom. The summed E-state index contributed by atoms with van der Waals surface area (Å²) in [6, 6.07) is 16.4. The molecule has 4 rings (SSSR count). The van der Waals surface area contributed by atoms with Gasteiger partial charge in [0.05, 0.1) is 0 Å². The summed E-state index contributed by atoms with van der Waals surface area (Å²) in [7, 11) is 0. The highest BCUT2D eigenvalue weighted by molar-refractivity contribution is 5.79. The van der Waals surface area contributed by atoms with Crippen LogP contribution in [0.4, 0.5) is 4.79 Å². The molecular formula is C27H32N2O5. The lowest BCUT2D eigenvalue weighted by molar-refractivity contribution is -0.138. The van der Waals surface area contributed by atoms with Crippen LogP contribution in [0, 0.1) is 11.8 Å². The van der Waals surface area contributed by atoms with Crippen molar-refractivity contribution in [1.29, 1.82) is 0 Å². The average molecular weight is 465 g/mol. The first-order valence-corrected chi connectivity index (χ1v) is 12.0. The number of carboxylic acids is 1. The molecule has 2 aliphatic carbocycles. The summed E-state index contributed by atoms with van der Waals surface area (Å²) >= 11 is 0. The molecule has 7 heteroatoms. The average Bonchev–Trinajstić information content (AvgIpc) is 3.37. The van der Waals surface area contributed by atoms with Gasteiger partial charge >= 0.3 is 12.1 Å². The van der Waals surface area contributed by atoms with Crippen LogP contribution < -0.4 is 10.6 Å². The van der Waals surface area contributed by atoms with Crippen LogP contribution in [0.15, 0.2) is 48.5 Å². The molecule has 1 fully saturated rings. The minimum Gasteiger partial charge on any atom is -0.481 e. The second-order valence-electron chi connectivity index (χ2n) is 9.56. The van der Waals surface area contributed by atoms with Crippen LogP contribution >= 0.6 is 0 Å². The molecule has 3 unspecified atom stereocenters. The highest BCUT2D eigenvalue weighted by Gasteiger charge is 2.29. The minimum absolute atomic E-state index is 0.0118. The van der Waals surface area contributed by atoms with Crippen LogP contribution in [-0.2, 0) is 14.3 Å². The van der Waals surface area contributed by atoms with E-state index in [2.05, 4.69) is 34.9 Å². The van der Waals surface area contributed by atoms with Gasteiger partial charge in [0, 0.05) is 31.3 Å². The van der Waals surface area contributed by atoms with Gasteiger partial charge in [-0.25, -0.2) is 4.79 Å². The van der Waals surface area contributed by atoms with Crippen molar-refractivity contribution in [1.82, 2.24) is 10.6 Å². The SMILES string of the molecule is CC(CNC(=O)OCC1c2ccccc2-c2ccccc21)CC(=O)NC1CCC(CC(=O)O)C1. The maximum atomic E-state index is 12.3. The van der Waals surface area contributed by atoms with E-state index >= 15 is 0 Å². The number of carboxylic acid groups (broad SMARTS) is 1. The quantitative estimate of drug-likeness (QED) is 0.513. The summed E-state index contributed by atoms with van der Waals surface area (Å²) in [6.45, 7) is 2.51. The standard InChI is InChI=1S/C27H32N2O5/c1-17(12-25(30)29-19-11-10-18(13-19)14-26(31)32)15-28-27(33)34-16-24-22-8-4-2-6-20(22)21-7-3-5-9-23(21)24/h2-9,17-19,24H,10-16H2,1H3,(H,28,33)(H,29,30)(H,31,32). The normalized spacial score (nSPS) is 19.7. The smallest absolute Gasteiger partial charge is 0.407 e. The van der Waals surface area contributed by atoms with Crippen LogP contribution in [-0.4, -0.2) is 42.3 Å². The van der Waals surface area contributed by atoms with E-state index in [9.17, 15) is 14.4 Å². The summed E-state index contributed by atoms with van der Waals surface area (Å²) in [6.07, 6.45) is 2.33. The lowest BCUT2D eigenvalue weighted by Crippen LogP contribution is -2.36. The number of hydrogen-bond acceptors (Lipinski definition) is 4. The first-order valence-electron chi connectivity index (χ1n) is 12.0. The Morgan fingerprint density at radius 1 is 1.03 bits per heavy atom. The Labute approximate surface area is 199 Å². The van der Waals surface area contributed by atoms with Crippen molar-refractivity contribution < 1.29 is 24.2 Å². The van der Waals surface area contributed by atoms with E-state index in [1.54, 1.807) is 0 Å². The maximum Gasteiger partial charge on any atom is 0.407 e. The molecule has 0 radical (unpaired) electrons. The zero-order chi connectivity index (χ0) is 24.1. The summed E-state index contributed by atoms with van der Waals surface area (Å²) < 4.78 is 5.55. The Balaban J connectivity index is 1.19. The first kappa shape index (κ1) is 23.8. The summed E-state index contributed by atoms with van der Waals surface area (Å²) in [5.41, 5.74) is 4.70. The number of nitrogens with one attached hydrogen (secondary N) is 2. The first-order chi connectivity index (χ1) is 16.4. The van der Waals surface area contributed by atoms with Gasteiger partial charge in [0.1, 0.15) is 6.61 Å². The third kappa shape index (κ3) is 5.76. The number of carbonyl (C=O) groups is 3. The van der Waals surface area contributed by atoms with Gasteiger partial charge in [-0.05, 0) is 53.4 Å². The van der Waals surface area contributed by atoms with Gasteiger partial charge in [0.25, 0.3) is 0 Å². The molecule has 1 saturated carbocycles. The number of ether oxygens (including phenoxy) is 1. The van der Waals surface area contributed by atoms with Crippen LogP contribution in [0.5, 0.6) is 0 Å². The Kier molecular flexibility index (Phi) is 7.50. The fraction of sp³-hybridized carbons (Fsp3) is 0.444. The fourth-order valence-electron chi connectivity index (χ4n) is 5.22. The van der Waals surface area contributed by atoms with Gasteiger partial charge in [-0.15, -0.1) is 0 Å². The molecule has 3 N–H and O–H groups in total.